The summed E-state index contributed by atoms with van der Waals surface area (Å²) in [6.07, 6.45) is 1.96. The highest BCUT2D eigenvalue weighted by Gasteiger charge is 2.22. The van der Waals surface area contributed by atoms with Crippen LogP contribution in [0, 0.1) is 13.8 Å². The lowest BCUT2D eigenvalue weighted by molar-refractivity contribution is -0.119. The van der Waals surface area contributed by atoms with E-state index in [-0.39, 0.29) is 12.5 Å². The van der Waals surface area contributed by atoms with Crippen LogP contribution in [0.3, 0.4) is 0 Å². The van der Waals surface area contributed by atoms with Crippen molar-refractivity contribution in [3.05, 3.63) is 65.2 Å². The Morgan fingerprint density at radius 2 is 1.82 bits per heavy atom. The lowest BCUT2D eigenvalue weighted by Gasteiger charge is -2.24. The number of hydrogen-bond acceptors (Lipinski definition) is 4. The number of carbonyl (C=O) groups is 1. The molecule has 2 aromatic rings. The van der Waals surface area contributed by atoms with Gasteiger partial charge < -0.3 is 5.32 Å². The summed E-state index contributed by atoms with van der Waals surface area (Å²) >= 11 is 1.82. The predicted octanol–water partition coefficient (Wildman–Crippen LogP) is 3.51. The Bertz CT molecular complexity index is 884. The number of thioether (sulfide) groups is 1. The van der Waals surface area contributed by atoms with Gasteiger partial charge in [-0.05, 0) is 43.2 Å². The Morgan fingerprint density at radius 3 is 2.46 bits per heavy atom. The first-order valence-electron chi connectivity index (χ1n) is 9.20. The van der Waals surface area contributed by atoms with Gasteiger partial charge in [-0.2, -0.15) is 11.8 Å². The van der Waals surface area contributed by atoms with Crippen LogP contribution < -0.4 is 9.62 Å². The summed E-state index contributed by atoms with van der Waals surface area (Å²) in [6, 6.07) is 15.8. The first kappa shape index (κ1) is 22.3. The van der Waals surface area contributed by atoms with E-state index in [1.165, 1.54) is 9.87 Å². The van der Waals surface area contributed by atoms with Gasteiger partial charge in [0.25, 0.3) is 0 Å². The number of hydrogen-bond donors (Lipinski definition) is 1. The number of nitrogens with one attached hydrogen (secondary N) is 1. The van der Waals surface area contributed by atoms with Crippen LogP contribution in [0.4, 0.5) is 5.69 Å². The molecule has 0 saturated heterocycles. The Morgan fingerprint density at radius 1 is 1.11 bits per heavy atom. The third-order valence-electron chi connectivity index (χ3n) is 4.21. The van der Waals surface area contributed by atoms with Crippen LogP contribution >= 0.6 is 11.8 Å². The zero-order valence-corrected chi connectivity index (χ0v) is 18.3. The number of aryl methyl sites for hydroxylation is 2. The standard InChI is InChI=1S/C21H28N2O3S2/c1-17-10-11-20(18(2)14-17)23(28(3,25)26)15-21(24)22-12-7-13-27-16-19-8-5-4-6-9-19/h4-6,8-11,14H,7,12-13,15-16H2,1-3H3,(H,22,24). The maximum absolute atomic E-state index is 12.3. The van der Waals surface area contributed by atoms with E-state index < -0.39 is 10.0 Å². The molecule has 0 unspecified atom stereocenters. The summed E-state index contributed by atoms with van der Waals surface area (Å²) in [7, 11) is -3.55. The second-order valence-corrected chi connectivity index (χ2v) is 9.81. The Hall–Kier alpha value is -1.99. The van der Waals surface area contributed by atoms with Gasteiger partial charge in [-0.15, -0.1) is 0 Å². The van der Waals surface area contributed by atoms with Gasteiger partial charge in [0.05, 0.1) is 11.9 Å². The minimum Gasteiger partial charge on any atom is -0.354 e. The molecule has 2 aromatic carbocycles. The van der Waals surface area contributed by atoms with Crippen LogP contribution in [0.2, 0.25) is 0 Å². The normalized spacial score (nSPS) is 11.2. The number of anilines is 1. The maximum Gasteiger partial charge on any atom is 0.240 e. The lowest BCUT2D eigenvalue weighted by Crippen LogP contribution is -2.41. The number of carbonyl (C=O) groups excluding carboxylic acids is 1. The molecule has 152 valence electrons. The van der Waals surface area contributed by atoms with E-state index in [1.54, 1.807) is 6.07 Å². The molecule has 0 aliphatic rings. The van der Waals surface area contributed by atoms with Gasteiger partial charge in [-0.25, -0.2) is 8.42 Å². The van der Waals surface area contributed by atoms with Gasteiger partial charge in [0.15, 0.2) is 0 Å². The van der Waals surface area contributed by atoms with Crippen LogP contribution in [-0.2, 0) is 20.6 Å². The summed E-state index contributed by atoms with van der Waals surface area (Å²) < 4.78 is 25.6. The maximum atomic E-state index is 12.3. The molecule has 0 aliphatic heterocycles. The molecule has 2 rings (SSSR count). The Balaban J connectivity index is 1.80. The van der Waals surface area contributed by atoms with Gasteiger partial charge in [-0.3, -0.25) is 9.10 Å². The molecule has 0 heterocycles. The first-order chi connectivity index (χ1) is 13.3. The highest BCUT2D eigenvalue weighted by molar-refractivity contribution is 7.98. The third kappa shape index (κ3) is 7.20. The molecule has 0 aliphatic carbocycles. The van der Waals surface area contributed by atoms with Gasteiger partial charge in [0, 0.05) is 12.3 Å². The van der Waals surface area contributed by atoms with Gasteiger partial charge >= 0.3 is 0 Å². The quantitative estimate of drug-likeness (QED) is 0.598. The van der Waals surface area contributed by atoms with Crippen molar-refractivity contribution >= 4 is 33.4 Å². The number of nitrogens with zero attached hydrogens (tertiary/aromatic N) is 1. The van der Waals surface area contributed by atoms with E-state index in [0.717, 1.165) is 35.3 Å². The van der Waals surface area contributed by atoms with E-state index >= 15 is 0 Å². The van der Waals surface area contributed by atoms with Crippen molar-refractivity contribution in [1.29, 1.82) is 0 Å². The molecule has 5 nitrogen and oxygen atoms in total. The summed E-state index contributed by atoms with van der Waals surface area (Å²) in [5.41, 5.74) is 3.71. The van der Waals surface area contributed by atoms with E-state index in [2.05, 4.69) is 17.4 Å². The second-order valence-electron chi connectivity index (χ2n) is 6.80. The largest absolute Gasteiger partial charge is 0.354 e. The third-order valence-corrected chi connectivity index (χ3v) is 6.45. The Labute approximate surface area is 172 Å². The minimum atomic E-state index is -3.55. The minimum absolute atomic E-state index is 0.208. The zero-order valence-electron chi connectivity index (χ0n) is 16.6. The average molecular weight is 421 g/mol. The van der Waals surface area contributed by atoms with Gasteiger partial charge in [-0.1, -0.05) is 48.0 Å². The van der Waals surface area contributed by atoms with Crippen molar-refractivity contribution in [1.82, 2.24) is 5.32 Å². The second kappa shape index (κ2) is 10.5. The molecule has 1 N–H and O–H groups in total. The molecule has 0 radical (unpaired) electrons. The van der Waals surface area contributed by atoms with Gasteiger partial charge in [0.2, 0.25) is 15.9 Å². The van der Waals surface area contributed by atoms with Crippen molar-refractivity contribution in [2.45, 2.75) is 26.0 Å². The molecular weight excluding hydrogens is 392 g/mol. The van der Waals surface area contributed by atoms with Crippen LogP contribution in [0.25, 0.3) is 0 Å². The first-order valence-corrected chi connectivity index (χ1v) is 12.2. The zero-order chi connectivity index (χ0) is 20.6. The number of amides is 1. The highest BCUT2D eigenvalue weighted by atomic mass is 32.2. The molecule has 0 fully saturated rings. The molecule has 0 aromatic heterocycles. The van der Waals surface area contributed by atoms with Crippen molar-refractivity contribution < 1.29 is 13.2 Å². The fourth-order valence-corrected chi connectivity index (χ4v) is 4.65. The Kier molecular flexibility index (Phi) is 8.38. The summed E-state index contributed by atoms with van der Waals surface area (Å²) in [4.78, 5) is 12.3. The lowest BCUT2D eigenvalue weighted by atomic mass is 10.1. The molecule has 0 spiro atoms. The molecule has 0 atom stereocenters. The predicted molar refractivity (Wildman–Crippen MR) is 118 cm³/mol. The molecule has 7 heteroatoms. The topological polar surface area (TPSA) is 66.5 Å². The van der Waals surface area contributed by atoms with Crippen molar-refractivity contribution in [2.75, 3.05) is 29.4 Å². The van der Waals surface area contributed by atoms with Gasteiger partial charge in [0.1, 0.15) is 6.54 Å². The van der Waals surface area contributed by atoms with Crippen molar-refractivity contribution in [3.63, 3.8) is 0 Å². The molecule has 0 saturated carbocycles. The highest BCUT2D eigenvalue weighted by Crippen LogP contribution is 2.23. The molecule has 28 heavy (non-hydrogen) atoms. The average Bonchev–Trinajstić information content (AvgIpc) is 2.63. The van der Waals surface area contributed by atoms with Crippen LogP contribution in [-0.4, -0.2) is 39.4 Å². The van der Waals surface area contributed by atoms with E-state index in [4.69, 9.17) is 0 Å². The van der Waals surface area contributed by atoms with Crippen LogP contribution in [0.1, 0.15) is 23.1 Å². The summed E-state index contributed by atoms with van der Waals surface area (Å²) in [5.74, 6) is 1.59. The van der Waals surface area contributed by atoms with E-state index in [9.17, 15) is 13.2 Å². The summed E-state index contributed by atoms with van der Waals surface area (Å²) in [5, 5.41) is 2.83. The summed E-state index contributed by atoms with van der Waals surface area (Å²) in [6.45, 7) is 4.12. The van der Waals surface area contributed by atoms with Crippen LogP contribution in [0.15, 0.2) is 48.5 Å². The molecule has 1 amide bonds. The van der Waals surface area contributed by atoms with E-state index in [1.807, 2.05) is 55.9 Å². The van der Waals surface area contributed by atoms with Crippen molar-refractivity contribution in [3.8, 4) is 0 Å². The number of sulfonamides is 1. The number of benzene rings is 2. The fourth-order valence-electron chi connectivity index (χ4n) is 2.82. The monoisotopic (exact) mass is 420 g/mol. The molecular formula is C21H28N2O3S2. The van der Waals surface area contributed by atoms with Crippen LogP contribution in [0.5, 0.6) is 0 Å². The van der Waals surface area contributed by atoms with E-state index in [0.29, 0.717) is 12.2 Å². The molecule has 0 bridgehead atoms. The number of rotatable bonds is 10. The van der Waals surface area contributed by atoms with Crippen molar-refractivity contribution in [2.24, 2.45) is 0 Å². The fraction of sp³-hybridized carbons (Fsp3) is 0.381. The SMILES string of the molecule is Cc1ccc(N(CC(=O)NCCCSCc2ccccc2)S(C)(=O)=O)c(C)c1. The smallest absolute Gasteiger partial charge is 0.240 e.